The van der Waals surface area contributed by atoms with Crippen LogP contribution in [0.25, 0.3) is 0 Å². The van der Waals surface area contributed by atoms with Crippen LogP contribution in [0, 0.1) is 17.3 Å². The largest absolute Gasteiger partial charge is 0.497 e. The third kappa shape index (κ3) is 4.44. The molecule has 1 heterocycles. The zero-order valence-corrected chi connectivity index (χ0v) is 21.9. The van der Waals surface area contributed by atoms with E-state index in [-0.39, 0.29) is 30.1 Å². The van der Waals surface area contributed by atoms with Crippen LogP contribution in [0.5, 0.6) is 5.75 Å². The third-order valence-corrected chi connectivity index (χ3v) is 8.21. The van der Waals surface area contributed by atoms with Crippen molar-refractivity contribution in [2.75, 3.05) is 35.2 Å². The van der Waals surface area contributed by atoms with Crippen molar-refractivity contribution >= 4 is 0 Å². The maximum Gasteiger partial charge on any atom is 0.163 e. The molecule has 0 radical (unpaired) electrons. The lowest BCUT2D eigenvalue weighted by atomic mass is 9.47. The quantitative estimate of drug-likeness (QED) is 0.415. The Bertz CT molecular complexity index is 884. The molecule has 2 aliphatic carbocycles. The molecule has 0 spiro atoms. The molecule has 0 unspecified atom stereocenters. The molecule has 8 heteroatoms. The summed E-state index contributed by atoms with van der Waals surface area (Å²) in [7, 11) is 6.54. The smallest absolute Gasteiger partial charge is 0.163 e. The lowest BCUT2D eigenvalue weighted by molar-refractivity contribution is -0.298. The minimum atomic E-state index is -0.898. The van der Waals surface area contributed by atoms with Crippen molar-refractivity contribution in [1.82, 2.24) is 0 Å². The summed E-state index contributed by atoms with van der Waals surface area (Å²) in [5.41, 5.74) is 0.715. The predicted octanol–water partition coefficient (Wildman–Crippen LogP) is 3.31. The van der Waals surface area contributed by atoms with Crippen molar-refractivity contribution in [2.45, 2.75) is 70.1 Å². The van der Waals surface area contributed by atoms with Gasteiger partial charge in [-0.1, -0.05) is 32.1 Å². The average Bonchev–Trinajstić information content (AvgIpc) is 3.14. The summed E-state index contributed by atoms with van der Waals surface area (Å²) in [6.07, 6.45) is -0.0183. The molecule has 2 fully saturated rings. The molecule has 8 nitrogen and oxygen atoms in total. The summed E-state index contributed by atoms with van der Waals surface area (Å²) in [4.78, 5) is 0. The van der Waals surface area contributed by atoms with E-state index in [0.717, 1.165) is 23.3 Å². The average molecular weight is 493 g/mol. The fourth-order valence-corrected chi connectivity index (χ4v) is 6.44. The zero-order chi connectivity index (χ0) is 25.4. The van der Waals surface area contributed by atoms with Gasteiger partial charge in [0.1, 0.15) is 36.5 Å². The second-order valence-corrected chi connectivity index (χ2v) is 10.5. The van der Waals surface area contributed by atoms with Crippen molar-refractivity contribution in [3.8, 4) is 5.75 Å². The van der Waals surface area contributed by atoms with Crippen molar-refractivity contribution in [3.05, 3.63) is 41.5 Å². The molecule has 1 aromatic rings. The standard InChI is InChI=1S/C27H40O8/c1-16-12-20(31-6)23(34-15-29-4)21-19-13-26(2,3)27(19,35-25(21)32-7)24(22(16)28)33-14-17-8-10-18(30-5)11-9-17/h8-12,19-25,28H,13-15H2,1-7H3/b16-12+/t19-,20-,21+,22-,23+,24+,25-,27-/m0/s1. The number of hydrogen-bond donors (Lipinski definition) is 1. The van der Waals surface area contributed by atoms with Gasteiger partial charge in [0.15, 0.2) is 6.29 Å². The van der Waals surface area contributed by atoms with Crippen molar-refractivity contribution in [3.63, 3.8) is 0 Å². The van der Waals surface area contributed by atoms with E-state index < -0.39 is 30.2 Å². The maximum atomic E-state index is 11.7. The van der Waals surface area contributed by atoms with Crippen LogP contribution < -0.4 is 4.74 Å². The first-order valence-corrected chi connectivity index (χ1v) is 12.2. The number of hydrogen-bond acceptors (Lipinski definition) is 8. The van der Waals surface area contributed by atoms with E-state index in [4.69, 9.17) is 33.2 Å². The number of aliphatic hydroxyl groups excluding tert-OH is 1. The number of ether oxygens (including phenoxy) is 7. The Morgan fingerprint density at radius 2 is 1.74 bits per heavy atom. The first-order valence-electron chi connectivity index (χ1n) is 12.2. The number of benzene rings is 1. The van der Waals surface area contributed by atoms with E-state index in [9.17, 15) is 5.11 Å². The molecule has 1 N–H and O–H groups in total. The topological polar surface area (TPSA) is 84.8 Å². The van der Waals surface area contributed by atoms with Gasteiger partial charge in [-0.05, 0) is 42.0 Å². The van der Waals surface area contributed by atoms with Crippen LogP contribution in [0.15, 0.2) is 35.9 Å². The Kier molecular flexibility index (Phi) is 7.93. The molecular weight excluding hydrogens is 452 g/mol. The molecule has 35 heavy (non-hydrogen) atoms. The minimum Gasteiger partial charge on any atom is -0.497 e. The molecular formula is C27H40O8. The Labute approximate surface area is 208 Å². The first-order chi connectivity index (χ1) is 16.7. The highest BCUT2D eigenvalue weighted by molar-refractivity contribution is 5.29. The second-order valence-electron chi connectivity index (χ2n) is 10.5. The van der Waals surface area contributed by atoms with E-state index in [1.165, 1.54) is 0 Å². The van der Waals surface area contributed by atoms with E-state index >= 15 is 0 Å². The van der Waals surface area contributed by atoms with Crippen LogP contribution in [0.2, 0.25) is 0 Å². The number of aliphatic hydroxyl groups is 1. The molecule has 196 valence electrons. The molecule has 3 aliphatic rings. The summed E-state index contributed by atoms with van der Waals surface area (Å²) in [5, 5.41) is 11.7. The fraction of sp³-hybridized carbons (Fsp3) is 0.704. The van der Waals surface area contributed by atoms with Gasteiger partial charge in [-0.25, -0.2) is 0 Å². The van der Waals surface area contributed by atoms with Crippen LogP contribution in [0.3, 0.4) is 0 Å². The lowest BCUT2D eigenvalue weighted by Crippen LogP contribution is -2.70. The molecule has 8 atom stereocenters. The summed E-state index contributed by atoms with van der Waals surface area (Å²) >= 11 is 0. The second kappa shape index (κ2) is 10.5. The number of methoxy groups -OCH3 is 4. The van der Waals surface area contributed by atoms with Crippen molar-refractivity contribution in [2.24, 2.45) is 17.3 Å². The van der Waals surface area contributed by atoms with E-state index in [2.05, 4.69) is 13.8 Å². The molecule has 1 saturated heterocycles. The van der Waals surface area contributed by atoms with Crippen LogP contribution in [0.4, 0.5) is 0 Å². The monoisotopic (exact) mass is 492 g/mol. The van der Waals surface area contributed by atoms with Gasteiger partial charge in [-0.2, -0.15) is 0 Å². The van der Waals surface area contributed by atoms with Gasteiger partial charge >= 0.3 is 0 Å². The maximum absolute atomic E-state index is 11.7. The summed E-state index contributed by atoms with van der Waals surface area (Å²) in [5.74, 6) is 0.692. The normalized spacial score (nSPS) is 39.4. The van der Waals surface area contributed by atoms with Gasteiger partial charge in [-0.3, -0.25) is 0 Å². The first kappa shape index (κ1) is 26.5. The number of rotatable bonds is 9. The predicted molar refractivity (Wildman–Crippen MR) is 129 cm³/mol. The molecule has 0 aromatic heterocycles. The summed E-state index contributed by atoms with van der Waals surface area (Å²) in [6.45, 7) is 6.69. The van der Waals surface area contributed by atoms with Gasteiger partial charge in [0, 0.05) is 33.2 Å². The summed E-state index contributed by atoms with van der Waals surface area (Å²) < 4.78 is 41.8. The minimum absolute atomic E-state index is 0.0387. The van der Waals surface area contributed by atoms with Gasteiger partial charge in [0.25, 0.3) is 0 Å². The van der Waals surface area contributed by atoms with Crippen LogP contribution >= 0.6 is 0 Å². The molecule has 1 aliphatic heterocycles. The lowest BCUT2D eigenvalue weighted by Gasteiger charge is -2.62. The summed E-state index contributed by atoms with van der Waals surface area (Å²) in [6, 6.07) is 7.75. The van der Waals surface area contributed by atoms with Crippen molar-refractivity contribution in [1.29, 1.82) is 0 Å². The van der Waals surface area contributed by atoms with E-state index in [1.54, 1.807) is 28.4 Å². The highest BCUT2D eigenvalue weighted by Gasteiger charge is 2.76. The van der Waals surface area contributed by atoms with E-state index in [0.29, 0.717) is 6.61 Å². The highest BCUT2D eigenvalue weighted by atomic mass is 16.7. The zero-order valence-electron chi connectivity index (χ0n) is 21.9. The Morgan fingerprint density at radius 3 is 2.31 bits per heavy atom. The van der Waals surface area contributed by atoms with Crippen LogP contribution in [0.1, 0.15) is 32.8 Å². The Balaban J connectivity index is 1.75. The van der Waals surface area contributed by atoms with E-state index in [1.807, 2.05) is 37.3 Å². The van der Waals surface area contributed by atoms with Crippen LogP contribution in [-0.4, -0.2) is 76.6 Å². The molecule has 0 amide bonds. The van der Waals surface area contributed by atoms with Crippen LogP contribution in [-0.2, 0) is 35.0 Å². The van der Waals surface area contributed by atoms with Gasteiger partial charge in [-0.15, -0.1) is 0 Å². The molecule has 1 aromatic carbocycles. The SMILES string of the molecule is COCO[C@H]1[C@@H]2[C@@H](OC)O[C@]3([C@H](OCc4ccc(OC)cc4)[C@@H](O)/C(C)=C/[C@@H]1OC)[C@H]2CC3(C)C. The molecule has 4 rings (SSSR count). The Hall–Kier alpha value is -1.52. The van der Waals surface area contributed by atoms with Gasteiger partial charge in [0.05, 0.1) is 19.8 Å². The Morgan fingerprint density at radius 1 is 1.03 bits per heavy atom. The van der Waals surface area contributed by atoms with Gasteiger partial charge in [0.2, 0.25) is 0 Å². The highest BCUT2D eigenvalue weighted by Crippen LogP contribution is 2.68. The molecule has 2 bridgehead atoms. The van der Waals surface area contributed by atoms with Crippen molar-refractivity contribution < 1.29 is 38.3 Å². The third-order valence-electron chi connectivity index (χ3n) is 8.21. The van der Waals surface area contributed by atoms with Gasteiger partial charge < -0.3 is 38.3 Å². The molecule has 1 saturated carbocycles. The fourth-order valence-electron chi connectivity index (χ4n) is 6.44.